The Bertz CT molecular complexity index is 1250. The highest BCUT2D eigenvalue weighted by atomic mass is 35.5. The van der Waals surface area contributed by atoms with Gasteiger partial charge in [0.15, 0.2) is 0 Å². The Morgan fingerprint density at radius 3 is 2.31 bits per heavy atom. The van der Waals surface area contributed by atoms with E-state index in [2.05, 4.69) is 0 Å². The van der Waals surface area contributed by atoms with E-state index < -0.39 is 17.7 Å². The number of halogens is 1. The molecule has 0 saturated carbocycles. The number of hydrogen-bond donors (Lipinski definition) is 1. The monoisotopic (exact) mass is 447 g/mol. The van der Waals surface area contributed by atoms with E-state index in [0.717, 1.165) is 16.7 Å². The highest BCUT2D eigenvalue weighted by Gasteiger charge is 2.47. The van der Waals surface area contributed by atoms with Crippen LogP contribution in [-0.2, 0) is 9.59 Å². The number of amides is 1. The van der Waals surface area contributed by atoms with Gasteiger partial charge in [0.25, 0.3) is 11.7 Å². The van der Waals surface area contributed by atoms with E-state index in [1.165, 1.54) is 18.1 Å². The Kier molecular flexibility index (Phi) is 5.76. The number of rotatable bonds is 4. The third kappa shape index (κ3) is 3.65. The molecule has 32 heavy (non-hydrogen) atoms. The number of carbonyl (C=O) groups is 2. The fourth-order valence-electron chi connectivity index (χ4n) is 3.96. The van der Waals surface area contributed by atoms with Crippen molar-refractivity contribution in [1.82, 2.24) is 0 Å². The van der Waals surface area contributed by atoms with Crippen molar-refractivity contribution in [2.45, 2.75) is 19.9 Å². The molecular weight excluding hydrogens is 426 g/mol. The molecule has 6 heteroatoms. The van der Waals surface area contributed by atoms with Crippen LogP contribution in [0.2, 0.25) is 5.02 Å². The Hall–Kier alpha value is -3.57. The molecule has 0 bridgehead atoms. The first kappa shape index (κ1) is 21.7. The normalized spacial score (nSPS) is 17.6. The summed E-state index contributed by atoms with van der Waals surface area (Å²) in [6.45, 7) is 3.86. The molecule has 3 aromatic carbocycles. The van der Waals surface area contributed by atoms with Gasteiger partial charge in [0.1, 0.15) is 11.5 Å². The van der Waals surface area contributed by atoms with Crippen molar-refractivity contribution >= 4 is 34.7 Å². The Balaban J connectivity index is 1.96. The number of hydrogen-bond acceptors (Lipinski definition) is 4. The summed E-state index contributed by atoms with van der Waals surface area (Å²) in [7, 11) is 1.49. The van der Waals surface area contributed by atoms with Crippen molar-refractivity contribution in [1.29, 1.82) is 0 Å². The largest absolute Gasteiger partial charge is 0.507 e. The molecule has 1 aliphatic heterocycles. The van der Waals surface area contributed by atoms with Crippen LogP contribution in [-0.4, -0.2) is 23.9 Å². The van der Waals surface area contributed by atoms with Crippen molar-refractivity contribution in [2.24, 2.45) is 0 Å². The van der Waals surface area contributed by atoms with Crippen LogP contribution in [0, 0.1) is 13.8 Å². The average Bonchev–Trinajstić information content (AvgIpc) is 3.04. The van der Waals surface area contributed by atoms with Crippen LogP contribution < -0.4 is 9.64 Å². The number of aryl methyl sites for hydroxylation is 2. The molecule has 4 rings (SSSR count). The summed E-state index contributed by atoms with van der Waals surface area (Å²) in [5.74, 6) is -1.28. The first-order chi connectivity index (χ1) is 15.3. The smallest absolute Gasteiger partial charge is 0.300 e. The summed E-state index contributed by atoms with van der Waals surface area (Å²) < 4.78 is 5.18. The molecule has 1 amide bonds. The molecule has 0 radical (unpaired) electrons. The highest BCUT2D eigenvalue weighted by Crippen LogP contribution is 2.43. The molecular formula is C26H22ClNO4. The maximum absolute atomic E-state index is 13.2. The third-order valence-electron chi connectivity index (χ3n) is 5.66. The molecule has 1 aliphatic rings. The number of ether oxygens (including phenoxy) is 1. The highest BCUT2D eigenvalue weighted by molar-refractivity contribution is 6.51. The van der Waals surface area contributed by atoms with E-state index >= 15 is 0 Å². The molecule has 0 spiro atoms. The molecule has 0 aromatic heterocycles. The van der Waals surface area contributed by atoms with Gasteiger partial charge in [-0.05, 0) is 55.3 Å². The van der Waals surface area contributed by atoms with E-state index in [4.69, 9.17) is 16.3 Å². The minimum absolute atomic E-state index is 0.0195. The molecule has 1 heterocycles. The number of Topliss-reactive ketones (excluding diaryl/α,β-unsaturated/α-hetero) is 1. The minimum Gasteiger partial charge on any atom is -0.507 e. The van der Waals surface area contributed by atoms with E-state index in [1.807, 2.05) is 50.2 Å². The van der Waals surface area contributed by atoms with Gasteiger partial charge in [0.2, 0.25) is 0 Å². The molecule has 0 aliphatic carbocycles. The van der Waals surface area contributed by atoms with Crippen molar-refractivity contribution in [2.75, 3.05) is 12.0 Å². The second-order valence-electron chi connectivity index (χ2n) is 7.71. The van der Waals surface area contributed by atoms with Crippen LogP contribution in [0.25, 0.3) is 5.76 Å². The van der Waals surface area contributed by atoms with Gasteiger partial charge in [-0.1, -0.05) is 53.6 Å². The number of aliphatic hydroxyl groups is 1. The fraction of sp³-hybridized carbons (Fsp3) is 0.154. The zero-order valence-electron chi connectivity index (χ0n) is 17.9. The van der Waals surface area contributed by atoms with E-state index in [1.54, 1.807) is 24.3 Å². The summed E-state index contributed by atoms with van der Waals surface area (Å²) in [5.41, 5.74) is 3.62. The average molecular weight is 448 g/mol. The third-order valence-corrected chi connectivity index (χ3v) is 5.96. The van der Waals surface area contributed by atoms with Gasteiger partial charge in [-0.25, -0.2) is 0 Å². The number of methoxy groups -OCH3 is 1. The van der Waals surface area contributed by atoms with E-state index in [0.29, 0.717) is 17.0 Å². The predicted octanol–water partition coefficient (Wildman–Crippen LogP) is 5.59. The van der Waals surface area contributed by atoms with Crippen LogP contribution >= 0.6 is 11.6 Å². The number of carbonyl (C=O) groups excluding carboxylic acids is 2. The van der Waals surface area contributed by atoms with E-state index in [9.17, 15) is 14.7 Å². The van der Waals surface area contributed by atoms with Crippen LogP contribution in [0.5, 0.6) is 5.75 Å². The van der Waals surface area contributed by atoms with Crippen LogP contribution in [0.1, 0.15) is 28.3 Å². The number of aliphatic hydroxyl groups excluding tert-OH is 1. The number of anilines is 1. The first-order valence-corrected chi connectivity index (χ1v) is 10.5. The summed E-state index contributed by atoms with van der Waals surface area (Å²) in [6, 6.07) is 18.8. The second kappa shape index (κ2) is 8.52. The lowest BCUT2D eigenvalue weighted by molar-refractivity contribution is -0.132. The van der Waals surface area contributed by atoms with Crippen LogP contribution in [0.15, 0.2) is 72.3 Å². The maximum Gasteiger partial charge on any atom is 0.300 e. The summed E-state index contributed by atoms with van der Waals surface area (Å²) >= 11 is 6.24. The Morgan fingerprint density at radius 2 is 1.69 bits per heavy atom. The molecule has 1 atom stereocenters. The summed E-state index contributed by atoms with van der Waals surface area (Å²) in [4.78, 5) is 27.8. The molecule has 1 saturated heterocycles. The van der Waals surface area contributed by atoms with Crippen molar-refractivity contribution in [3.63, 3.8) is 0 Å². The molecule has 1 N–H and O–H groups in total. The topological polar surface area (TPSA) is 66.8 Å². The summed E-state index contributed by atoms with van der Waals surface area (Å²) in [6.07, 6.45) is 0. The molecule has 5 nitrogen and oxygen atoms in total. The van der Waals surface area contributed by atoms with E-state index in [-0.39, 0.29) is 16.4 Å². The summed E-state index contributed by atoms with van der Waals surface area (Å²) in [5, 5.41) is 11.5. The zero-order chi connectivity index (χ0) is 23.0. The molecule has 1 fully saturated rings. The first-order valence-electron chi connectivity index (χ1n) is 10.1. The standard InChI is InChI=1S/C26H22ClNO4/c1-15-8-11-18(12-9-15)28-23(19-7-5-4-6-16(19)2)22(25(30)26(28)31)24(29)17-10-13-21(32-3)20(27)14-17/h4-14,23,29H,1-3H3/b24-22+. The van der Waals surface area contributed by atoms with Crippen molar-refractivity contribution in [3.05, 3.63) is 99.6 Å². The second-order valence-corrected chi connectivity index (χ2v) is 8.12. The molecule has 162 valence electrons. The lowest BCUT2D eigenvalue weighted by Crippen LogP contribution is -2.29. The molecule has 1 unspecified atom stereocenters. The van der Waals surface area contributed by atoms with Gasteiger partial charge in [-0.3, -0.25) is 14.5 Å². The van der Waals surface area contributed by atoms with Gasteiger partial charge < -0.3 is 9.84 Å². The zero-order valence-corrected chi connectivity index (χ0v) is 18.7. The Labute approximate surface area is 191 Å². The van der Waals surface area contributed by atoms with Crippen molar-refractivity contribution < 1.29 is 19.4 Å². The van der Waals surface area contributed by atoms with Gasteiger partial charge in [-0.15, -0.1) is 0 Å². The van der Waals surface area contributed by atoms with Crippen LogP contribution in [0.3, 0.4) is 0 Å². The van der Waals surface area contributed by atoms with Gasteiger partial charge in [0, 0.05) is 11.3 Å². The minimum atomic E-state index is -0.778. The fourth-order valence-corrected chi connectivity index (χ4v) is 4.22. The molecule has 3 aromatic rings. The lowest BCUT2D eigenvalue weighted by Gasteiger charge is -2.26. The number of ketones is 1. The van der Waals surface area contributed by atoms with Gasteiger partial charge in [-0.2, -0.15) is 0 Å². The number of benzene rings is 3. The Morgan fingerprint density at radius 1 is 1.00 bits per heavy atom. The number of nitrogens with zero attached hydrogens (tertiary/aromatic N) is 1. The van der Waals surface area contributed by atoms with Gasteiger partial charge >= 0.3 is 0 Å². The quantitative estimate of drug-likeness (QED) is 0.321. The van der Waals surface area contributed by atoms with Crippen molar-refractivity contribution in [3.8, 4) is 5.75 Å². The maximum atomic E-state index is 13.2. The predicted molar refractivity (Wildman–Crippen MR) is 125 cm³/mol. The van der Waals surface area contributed by atoms with Crippen LogP contribution in [0.4, 0.5) is 5.69 Å². The van der Waals surface area contributed by atoms with Gasteiger partial charge in [0.05, 0.1) is 23.7 Å². The SMILES string of the molecule is COc1ccc(/C(O)=C2\C(=O)C(=O)N(c3ccc(C)cc3)C2c2ccccc2C)cc1Cl. The lowest BCUT2D eigenvalue weighted by atomic mass is 9.92.